The summed E-state index contributed by atoms with van der Waals surface area (Å²) in [6.07, 6.45) is -1.23. The second-order valence-corrected chi connectivity index (χ2v) is 20.2. The standard InChI is InChI=1S/3C6H5.2C5H11NO2.Sb/c3*1-2-4-6-5-3-1;2*1-4(2)3-6-5(7)8;/h3*1-5H;2*4,6H,3H2,1-2H3,(H,7,8);/q;;;;;+2/p-2. The zero-order valence-electron chi connectivity index (χ0n) is 20.8. The van der Waals surface area contributed by atoms with Gasteiger partial charge in [-0.2, -0.15) is 0 Å². The summed E-state index contributed by atoms with van der Waals surface area (Å²) < 4.78 is 15.2. The van der Waals surface area contributed by atoms with Crippen molar-refractivity contribution < 1.29 is 15.6 Å². The SMILES string of the molecule is CC(C)CNC(=O)[O][Sb]([O]C(=O)NCC(C)C)([c]1ccccc1)([c]1ccccc1)[c]1ccccc1. The molecule has 0 heterocycles. The molecule has 2 N–H and O–H groups in total. The van der Waals surface area contributed by atoms with Gasteiger partial charge in [0.1, 0.15) is 0 Å². The molecule has 0 fully saturated rings. The van der Waals surface area contributed by atoms with Gasteiger partial charge in [0.2, 0.25) is 0 Å². The van der Waals surface area contributed by atoms with Crippen LogP contribution < -0.4 is 21.2 Å². The first kappa shape index (κ1) is 26.6. The van der Waals surface area contributed by atoms with Crippen molar-refractivity contribution in [3.8, 4) is 0 Å². The van der Waals surface area contributed by atoms with E-state index in [-0.39, 0.29) is 11.8 Å². The summed E-state index contributed by atoms with van der Waals surface area (Å²) in [7, 11) is 0. The second-order valence-electron chi connectivity index (χ2n) is 9.27. The van der Waals surface area contributed by atoms with Gasteiger partial charge in [0.05, 0.1) is 0 Å². The van der Waals surface area contributed by atoms with Crippen LogP contribution in [0.4, 0.5) is 9.59 Å². The Balaban J connectivity index is 2.35. The van der Waals surface area contributed by atoms with E-state index in [1.54, 1.807) is 0 Å². The molecule has 6 nitrogen and oxygen atoms in total. The average molecular weight is 585 g/mol. The predicted molar refractivity (Wildman–Crippen MR) is 143 cm³/mol. The maximum atomic E-state index is 13.4. The Morgan fingerprint density at radius 1 is 0.600 bits per heavy atom. The minimum atomic E-state index is -5.76. The zero-order valence-corrected chi connectivity index (χ0v) is 23.4. The molecule has 0 aliphatic carbocycles. The Labute approximate surface area is 210 Å². The van der Waals surface area contributed by atoms with Gasteiger partial charge in [-0.15, -0.1) is 0 Å². The van der Waals surface area contributed by atoms with Gasteiger partial charge in [-0.1, -0.05) is 0 Å². The van der Waals surface area contributed by atoms with E-state index < -0.39 is 30.4 Å². The van der Waals surface area contributed by atoms with Crippen LogP contribution in [-0.4, -0.2) is 43.5 Å². The number of hydrogen-bond donors (Lipinski definition) is 2. The fourth-order valence-corrected chi connectivity index (χ4v) is 16.6. The molecular formula is C28H35N2O4Sb. The Hall–Kier alpha value is -2.98. The third-order valence-electron chi connectivity index (χ3n) is 5.50. The van der Waals surface area contributed by atoms with Gasteiger partial charge in [-0.05, 0) is 0 Å². The molecule has 0 spiro atoms. The Kier molecular flexibility index (Phi) is 8.85. The molecule has 3 rings (SSSR count). The van der Waals surface area contributed by atoms with E-state index in [0.29, 0.717) is 23.6 Å². The fourth-order valence-electron chi connectivity index (χ4n) is 3.83. The molecular weight excluding hydrogens is 550 g/mol. The summed E-state index contributed by atoms with van der Waals surface area (Å²) >= 11 is -5.76. The molecule has 3 aromatic rings. The van der Waals surface area contributed by atoms with E-state index in [9.17, 15) is 9.59 Å². The van der Waals surface area contributed by atoms with E-state index in [4.69, 9.17) is 6.03 Å². The van der Waals surface area contributed by atoms with Crippen molar-refractivity contribution in [2.75, 3.05) is 13.1 Å². The molecule has 0 atom stereocenters. The van der Waals surface area contributed by atoms with E-state index >= 15 is 0 Å². The van der Waals surface area contributed by atoms with Crippen molar-refractivity contribution in [1.29, 1.82) is 0 Å². The van der Waals surface area contributed by atoms with Gasteiger partial charge in [-0.3, -0.25) is 0 Å². The summed E-state index contributed by atoms with van der Waals surface area (Å²) in [5, 5.41) is 5.74. The van der Waals surface area contributed by atoms with Crippen LogP contribution in [0, 0.1) is 11.8 Å². The molecule has 7 heteroatoms. The van der Waals surface area contributed by atoms with Crippen LogP contribution in [0.15, 0.2) is 91.0 Å². The van der Waals surface area contributed by atoms with Crippen LogP contribution in [0.2, 0.25) is 0 Å². The van der Waals surface area contributed by atoms with E-state index in [1.807, 2.05) is 119 Å². The van der Waals surface area contributed by atoms with Crippen LogP contribution >= 0.6 is 0 Å². The molecule has 35 heavy (non-hydrogen) atoms. The molecule has 186 valence electrons. The second kappa shape index (κ2) is 11.6. The Morgan fingerprint density at radius 2 is 0.886 bits per heavy atom. The number of amides is 2. The van der Waals surface area contributed by atoms with Crippen LogP contribution in [0.1, 0.15) is 27.7 Å². The monoisotopic (exact) mass is 584 g/mol. The van der Waals surface area contributed by atoms with Crippen molar-refractivity contribution in [2.24, 2.45) is 11.8 Å². The Bertz CT molecular complexity index is 976. The molecule has 0 radical (unpaired) electrons. The van der Waals surface area contributed by atoms with Crippen LogP contribution in [0.5, 0.6) is 0 Å². The summed E-state index contributed by atoms with van der Waals surface area (Å²) in [4.78, 5) is 26.9. The van der Waals surface area contributed by atoms with Crippen molar-refractivity contribution in [1.82, 2.24) is 10.6 Å². The topological polar surface area (TPSA) is 76.7 Å². The first-order valence-corrected chi connectivity index (χ1v) is 17.8. The van der Waals surface area contributed by atoms with Gasteiger partial charge in [0.15, 0.2) is 0 Å². The molecule has 0 aliphatic rings. The van der Waals surface area contributed by atoms with E-state index in [2.05, 4.69) is 10.6 Å². The van der Waals surface area contributed by atoms with E-state index in [0.717, 1.165) is 0 Å². The van der Waals surface area contributed by atoms with Gasteiger partial charge in [0.25, 0.3) is 0 Å². The third kappa shape index (κ3) is 5.82. The zero-order chi connectivity index (χ0) is 25.3. The molecule has 0 saturated carbocycles. The van der Waals surface area contributed by atoms with Gasteiger partial charge < -0.3 is 0 Å². The van der Waals surface area contributed by atoms with Crippen LogP contribution in [0.25, 0.3) is 0 Å². The van der Waals surface area contributed by atoms with Gasteiger partial charge in [-0.25, -0.2) is 0 Å². The van der Waals surface area contributed by atoms with Crippen molar-refractivity contribution in [3.63, 3.8) is 0 Å². The molecule has 0 bridgehead atoms. The predicted octanol–water partition coefficient (Wildman–Crippen LogP) is 3.87. The first-order valence-electron chi connectivity index (χ1n) is 11.9. The first-order chi connectivity index (χ1) is 16.8. The molecule has 0 unspecified atom stereocenters. The van der Waals surface area contributed by atoms with Crippen LogP contribution in [-0.2, 0) is 6.03 Å². The summed E-state index contributed by atoms with van der Waals surface area (Å²) in [6, 6.07) is 28.2. The fraction of sp³-hybridized carbons (Fsp3) is 0.286. The number of carbonyl (C=O) groups excluding carboxylic acids is 2. The van der Waals surface area contributed by atoms with Gasteiger partial charge >= 0.3 is 211 Å². The molecule has 0 aromatic heterocycles. The Morgan fingerprint density at radius 3 is 1.14 bits per heavy atom. The summed E-state index contributed by atoms with van der Waals surface area (Å²) in [6.45, 7) is 8.89. The quantitative estimate of drug-likeness (QED) is 0.374. The molecule has 3 aromatic carbocycles. The van der Waals surface area contributed by atoms with Crippen molar-refractivity contribution in [3.05, 3.63) is 91.0 Å². The number of hydrogen-bond acceptors (Lipinski definition) is 4. The number of benzene rings is 3. The van der Waals surface area contributed by atoms with E-state index in [1.165, 1.54) is 0 Å². The molecule has 0 aliphatic heterocycles. The van der Waals surface area contributed by atoms with Crippen LogP contribution in [0.3, 0.4) is 0 Å². The summed E-state index contributed by atoms with van der Waals surface area (Å²) in [5.41, 5.74) is 0. The van der Waals surface area contributed by atoms with Crippen molar-refractivity contribution >= 4 is 41.0 Å². The van der Waals surface area contributed by atoms with Crippen molar-refractivity contribution in [2.45, 2.75) is 27.7 Å². The normalized spacial score (nSPS) is 12.5. The minimum absolute atomic E-state index is 0.225. The number of nitrogens with one attached hydrogen (secondary N) is 2. The molecule has 2 amide bonds. The van der Waals surface area contributed by atoms with Gasteiger partial charge in [0, 0.05) is 0 Å². The average Bonchev–Trinajstić information content (AvgIpc) is 2.87. The number of rotatable bonds is 9. The maximum absolute atomic E-state index is 13.4. The number of carbonyl (C=O) groups is 2. The molecule has 0 saturated heterocycles. The summed E-state index contributed by atoms with van der Waals surface area (Å²) in [5.74, 6) is 0.449. The third-order valence-corrected chi connectivity index (χ3v) is 19.0.